The van der Waals surface area contributed by atoms with Crippen LogP contribution in [0.15, 0.2) is 28.0 Å². The molecule has 0 heteroatoms. The summed E-state index contributed by atoms with van der Waals surface area (Å²) in [6.45, 7) is 24.9. The molecule has 0 aromatic heterocycles. The van der Waals surface area contributed by atoms with Gasteiger partial charge < -0.3 is 0 Å². The van der Waals surface area contributed by atoms with Crippen molar-refractivity contribution in [2.45, 2.75) is 268 Å². The molecular formula is C59H102. The van der Waals surface area contributed by atoms with E-state index in [-0.39, 0.29) is 0 Å². The average Bonchev–Trinajstić information content (AvgIpc) is 3.94. The molecule has 6 aliphatic rings. The molecule has 6 rings (SSSR count). The molecule has 1 spiro atoms. The highest BCUT2D eigenvalue weighted by Gasteiger charge is 2.77. The van der Waals surface area contributed by atoms with Crippen molar-refractivity contribution in [1.82, 2.24) is 0 Å². The van der Waals surface area contributed by atoms with E-state index in [2.05, 4.69) is 75.0 Å². The van der Waals surface area contributed by atoms with Gasteiger partial charge in [-0.1, -0.05) is 164 Å². The van der Waals surface area contributed by atoms with Crippen molar-refractivity contribution in [3.8, 4) is 0 Å². The summed E-state index contributed by atoms with van der Waals surface area (Å²) in [5.74, 6) is 9.72. The fourth-order valence-corrected chi connectivity index (χ4v) is 16.1. The molecule has 0 saturated heterocycles. The van der Waals surface area contributed by atoms with Gasteiger partial charge in [-0.05, 0) is 202 Å². The molecule has 338 valence electrons. The van der Waals surface area contributed by atoms with E-state index in [1.807, 2.05) is 11.1 Å². The Morgan fingerprint density at radius 3 is 2.17 bits per heavy atom. The average molecular weight is 811 g/mol. The second-order valence-corrected chi connectivity index (χ2v) is 23.9. The zero-order valence-electron chi connectivity index (χ0n) is 41.7. The van der Waals surface area contributed by atoms with Crippen LogP contribution in [0.1, 0.15) is 268 Å². The lowest BCUT2D eigenvalue weighted by Crippen LogP contribution is -2.48. The molecule has 6 aliphatic carbocycles. The van der Waals surface area contributed by atoms with Gasteiger partial charge in [0, 0.05) is 0 Å². The Balaban J connectivity index is 1.20. The summed E-state index contributed by atoms with van der Waals surface area (Å²) in [5, 5.41) is 0. The Kier molecular flexibility index (Phi) is 17.6. The fraction of sp³-hybridized carbons (Fsp3) is 0.915. The van der Waals surface area contributed by atoms with Crippen molar-refractivity contribution in [2.24, 2.45) is 75.4 Å². The van der Waals surface area contributed by atoms with E-state index in [0.717, 1.165) is 64.6 Å². The molecule has 0 bridgehead atoms. The fourth-order valence-electron chi connectivity index (χ4n) is 16.1. The number of hydrogen-bond acceptors (Lipinski definition) is 0. The molecule has 0 radical (unpaired) electrons. The Labute approximate surface area is 370 Å². The number of rotatable bonds is 25. The third-order valence-corrected chi connectivity index (χ3v) is 19.9. The van der Waals surface area contributed by atoms with Crippen LogP contribution in [0.5, 0.6) is 0 Å². The topological polar surface area (TPSA) is 0 Å². The van der Waals surface area contributed by atoms with Crippen molar-refractivity contribution in [1.29, 1.82) is 0 Å². The molecule has 0 aromatic carbocycles. The van der Waals surface area contributed by atoms with Gasteiger partial charge in [0.25, 0.3) is 0 Å². The number of unbranched alkanes of at least 4 members (excludes halogenated alkanes) is 4. The quantitative estimate of drug-likeness (QED) is 0.0489. The maximum Gasteiger partial charge on any atom is -0.00723 e. The zero-order valence-corrected chi connectivity index (χ0v) is 41.7. The molecule has 0 nitrogen and oxygen atoms in total. The van der Waals surface area contributed by atoms with Gasteiger partial charge in [-0.2, -0.15) is 0 Å². The van der Waals surface area contributed by atoms with Crippen molar-refractivity contribution in [3.05, 3.63) is 28.0 Å². The van der Waals surface area contributed by atoms with Crippen LogP contribution in [0.2, 0.25) is 0 Å². The van der Waals surface area contributed by atoms with E-state index in [0.29, 0.717) is 10.8 Å². The summed E-state index contributed by atoms with van der Waals surface area (Å²) in [4.78, 5) is 0. The van der Waals surface area contributed by atoms with Crippen LogP contribution < -0.4 is 0 Å². The molecule has 0 heterocycles. The zero-order chi connectivity index (χ0) is 42.2. The molecular weight excluding hydrogens is 709 g/mol. The van der Waals surface area contributed by atoms with Crippen molar-refractivity contribution in [3.63, 3.8) is 0 Å². The van der Waals surface area contributed by atoms with Gasteiger partial charge in [0.05, 0.1) is 0 Å². The first-order chi connectivity index (χ1) is 28.5. The van der Waals surface area contributed by atoms with Crippen LogP contribution in [0.3, 0.4) is 0 Å². The molecule has 10 unspecified atom stereocenters. The van der Waals surface area contributed by atoms with Crippen LogP contribution in [-0.4, -0.2) is 0 Å². The van der Waals surface area contributed by atoms with E-state index in [1.165, 1.54) is 161 Å². The number of allylic oxidation sites excluding steroid dienone is 3. The predicted octanol–water partition coefficient (Wildman–Crippen LogP) is 19.2. The maximum atomic E-state index is 4.06. The summed E-state index contributed by atoms with van der Waals surface area (Å²) >= 11 is 0. The lowest BCUT2D eigenvalue weighted by atomic mass is 9.50. The van der Waals surface area contributed by atoms with Gasteiger partial charge in [0.15, 0.2) is 0 Å². The van der Waals surface area contributed by atoms with Gasteiger partial charge in [-0.25, -0.2) is 0 Å². The summed E-state index contributed by atoms with van der Waals surface area (Å²) in [5.41, 5.74) is 13.2. The third kappa shape index (κ3) is 11.1. The van der Waals surface area contributed by atoms with E-state index in [1.54, 1.807) is 49.7 Å². The lowest BCUT2D eigenvalue weighted by Gasteiger charge is -2.54. The van der Waals surface area contributed by atoms with Crippen molar-refractivity contribution >= 4 is 0 Å². The minimum Gasteiger partial charge on any atom is -0.123 e. The van der Waals surface area contributed by atoms with E-state index >= 15 is 0 Å². The van der Waals surface area contributed by atoms with Gasteiger partial charge in [0.1, 0.15) is 0 Å². The highest BCUT2D eigenvalue weighted by Crippen LogP contribution is 2.84. The van der Waals surface area contributed by atoms with E-state index in [4.69, 9.17) is 0 Å². The largest absolute Gasteiger partial charge is 0.123 e. The van der Waals surface area contributed by atoms with E-state index < -0.39 is 0 Å². The third-order valence-electron chi connectivity index (χ3n) is 19.9. The Hall–Kier alpha value is -0.740. The molecule has 6 fully saturated rings. The molecule has 0 aromatic rings. The molecule has 59 heavy (non-hydrogen) atoms. The summed E-state index contributed by atoms with van der Waals surface area (Å²) < 4.78 is 0. The molecule has 0 amide bonds. The van der Waals surface area contributed by atoms with Gasteiger partial charge in [0.2, 0.25) is 0 Å². The first kappa shape index (κ1) is 47.7. The summed E-state index contributed by atoms with van der Waals surface area (Å²) in [7, 11) is 0. The van der Waals surface area contributed by atoms with Gasteiger partial charge >= 0.3 is 0 Å². The van der Waals surface area contributed by atoms with Crippen LogP contribution in [-0.2, 0) is 0 Å². The second-order valence-electron chi connectivity index (χ2n) is 23.9. The molecule has 0 aliphatic heterocycles. The second kappa shape index (κ2) is 21.8. The van der Waals surface area contributed by atoms with Crippen LogP contribution in [0, 0.1) is 75.4 Å². The molecule has 0 N–H and O–H groups in total. The summed E-state index contributed by atoms with van der Waals surface area (Å²) in [6.07, 6.45) is 44.9. The standard InChI is InChI=1S/C59H102/c1-11-17-18-19-30-53-51(40-48-33-31-47(32-34-48)39-49(38-45(13-3)14-4)26-22-23-35-57(9,10)16-6)41-58-42-52(58)37-43(7)59(56(53)58,36-24-27-46(15-5)25-12-2)55-44(8)54(55)50-28-20-21-29-50/h43-44,46-48,51-53,55-56H,11-37,39-42H2,1-10H3. The minimum absolute atomic E-state index is 0.500. The first-order valence-electron chi connectivity index (χ1n) is 27.7. The van der Waals surface area contributed by atoms with Gasteiger partial charge in [-0.15, -0.1) is 5.73 Å². The monoisotopic (exact) mass is 811 g/mol. The van der Waals surface area contributed by atoms with Crippen LogP contribution in [0.25, 0.3) is 0 Å². The highest BCUT2D eigenvalue weighted by molar-refractivity contribution is 5.41. The van der Waals surface area contributed by atoms with Crippen LogP contribution >= 0.6 is 0 Å². The Morgan fingerprint density at radius 1 is 0.780 bits per heavy atom. The maximum absolute atomic E-state index is 4.06. The Bertz CT molecular complexity index is 1380. The Morgan fingerprint density at radius 2 is 1.51 bits per heavy atom. The summed E-state index contributed by atoms with van der Waals surface area (Å²) in [6, 6.07) is 0. The normalized spacial score (nSPS) is 35.7. The SMILES string of the molecule is CCCCCCC1C(CC2CCC(CC(=C=C(CC)CC)CCCCC(C)(C)CC)CC2)CC23CC2CC(C)C(CCCC(CC)CCC)(C2C(=C4CCCC4)C2C)C13. The predicted molar refractivity (Wildman–Crippen MR) is 260 cm³/mol. The van der Waals surface area contributed by atoms with Crippen molar-refractivity contribution in [2.75, 3.05) is 0 Å². The van der Waals surface area contributed by atoms with Crippen LogP contribution in [0.4, 0.5) is 0 Å². The number of hydrogen-bond donors (Lipinski definition) is 0. The van der Waals surface area contributed by atoms with E-state index in [9.17, 15) is 0 Å². The smallest absolute Gasteiger partial charge is 0.00723 e. The van der Waals surface area contributed by atoms with Crippen molar-refractivity contribution < 1.29 is 0 Å². The molecule has 6 saturated carbocycles. The first-order valence-corrected chi connectivity index (χ1v) is 27.7. The minimum atomic E-state index is 0.500. The molecule has 10 atom stereocenters. The lowest BCUT2D eigenvalue weighted by molar-refractivity contribution is -0.0598. The van der Waals surface area contributed by atoms with Gasteiger partial charge in [-0.3, -0.25) is 0 Å². The highest BCUT2D eigenvalue weighted by atomic mass is 14.8.